The van der Waals surface area contributed by atoms with Gasteiger partial charge in [-0.15, -0.1) is 0 Å². The molecule has 0 saturated heterocycles. The van der Waals surface area contributed by atoms with Gasteiger partial charge in [0.2, 0.25) is 5.95 Å². The van der Waals surface area contributed by atoms with Crippen LogP contribution in [0.15, 0.2) is 136 Å². The average Bonchev–Trinajstić information content (AvgIpc) is 3.94. The predicted octanol–water partition coefficient (Wildman–Crippen LogP) is 6.22. The first-order chi connectivity index (χ1) is 25.6. The molecule has 0 fully saturated rings. The Bertz CT molecular complexity index is 2530. The first-order valence-corrected chi connectivity index (χ1v) is 19.4. The van der Waals surface area contributed by atoms with E-state index in [-0.39, 0.29) is 4.90 Å². The summed E-state index contributed by atoms with van der Waals surface area (Å²) in [5.41, 5.74) is 13.4. The molecule has 0 radical (unpaired) electrons. The highest BCUT2D eigenvalue weighted by Gasteiger charge is 2.18. The van der Waals surface area contributed by atoms with Crippen molar-refractivity contribution in [1.82, 2.24) is 19.1 Å². The first-order valence-electron chi connectivity index (χ1n) is 16.2. The minimum Gasteiger partial charge on any atom is -0.282 e. The van der Waals surface area contributed by atoms with Crippen molar-refractivity contribution < 1.29 is 21.8 Å². The summed E-state index contributed by atoms with van der Waals surface area (Å²) in [6.07, 6.45) is 13.6. The molecule has 0 saturated carbocycles. The lowest BCUT2D eigenvalue weighted by Gasteiger charge is -2.02. The van der Waals surface area contributed by atoms with Gasteiger partial charge in [-0.2, -0.15) is 32.4 Å². The number of aromatic nitrogens is 6. The van der Waals surface area contributed by atoms with Gasteiger partial charge in [0.25, 0.3) is 10.1 Å². The zero-order valence-corrected chi connectivity index (χ0v) is 31.2. The van der Waals surface area contributed by atoms with Crippen LogP contribution in [-0.4, -0.2) is 44.5 Å². The Kier molecular flexibility index (Phi) is 10.2. The van der Waals surface area contributed by atoms with Gasteiger partial charge < -0.3 is 0 Å². The van der Waals surface area contributed by atoms with Crippen LogP contribution in [0.5, 0.6) is 0 Å². The molecule has 13 nitrogen and oxygen atoms in total. The number of hydrogen-bond donors (Lipinski definition) is 3. The highest BCUT2D eigenvalue weighted by molar-refractivity contribution is 7.85. The van der Waals surface area contributed by atoms with Crippen molar-refractivity contribution in [3.8, 4) is 22.5 Å². The fourth-order valence-electron chi connectivity index (χ4n) is 5.45. The summed E-state index contributed by atoms with van der Waals surface area (Å²) in [7, 11) is 0.147. The van der Waals surface area contributed by atoms with Gasteiger partial charge >= 0.3 is 9.92 Å². The molecule has 3 N–H and O–H groups in total. The molecule has 0 spiro atoms. The van der Waals surface area contributed by atoms with E-state index in [2.05, 4.69) is 123 Å². The SMILES string of the molecule is Cc1ccc(S(=O)(=O)O)cc1.Cn1c(-c2ccc(C=NNc3ccnc(NN=Cc4ccc(-c5c[n+]6ccsc6n5C)cc4)n3)cc2)c[n+]2ccsc12. The largest absolute Gasteiger partial charge is 0.345 e. The van der Waals surface area contributed by atoms with Crippen LogP contribution in [0.25, 0.3) is 32.4 Å². The van der Waals surface area contributed by atoms with Crippen LogP contribution in [0.4, 0.5) is 11.8 Å². The maximum absolute atomic E-state index is 10.5. The minimum absolute atomic E-state index is 0.0666. The van der Waals surface area contributed by atoms with Crippen molar-refractivity contribution >= 4 is 66.9 Å². The first kappa shape index (κ1) is 35.3. The number of fused-ring (bicyclic) bond motifs is 2. The van der Waals surface area contributed by atoms with Gasteiger partial charge in [0.1, 0.15) is 24.8 Å². The van der Waals surface area contributed by atoms with Crippen LogP contribution < -0.4 is 19.7 Å². The van der Waals surface area contributed by atoms with E-state index in [0.29, 0.717) is 11.8 Å². The molecule has 5 aromatic heterocycles. The minimum atomic E-state index is -4.02. The molecule has 3 aromatic carbocycles. The number of rotatable bonds is 9. The lowest BCUT2D eigenvalue weighted by molar-refractivity contribution is -0.505. The van der Waals surface area contributed by atoms with Crippen LogP contribution in [0.1, 0.15) is 16.7 Å². The monoisotopic (exact) mass is 762 g/mol. The van der Waals surface area contributed by atoms with E-state index in [1.54, 1.807) is 59.5 Å². The molecular weight excluding hydrogens is 729 g/mol. The summed E-state index contributed by atoms with van der Waals surface area (Å²) < 4.78 is 38.2. The fourth-order valence-corrected chi connectivity index (χ4v) is 7.54. The standard InChI is InChI=1S/C30H26N10S2.C7H8O3S/c1-37-25(19-39-13-15-41-29(37)39)23-7-3-21(4-8-23)17-32-35-27-11-12-31-28(34-27)36-33-18-22-5-9-24(10-6-22)26-20-40-14-16-42-30(40)38(26)2;1-6-2-4-7(5-3-6)11(8,9)10/h3-20H,1-2H3,(H2,31,34,35,36);2-5H,1H3,(H,8,9,10)/q+2;. The normalized spacial score (nSPS) is 11.8. The van der Waals surface area contributed by atoms with Gasteiger partial charge in [-0.05, 0) is 54.4 Å². The van der Waals surface area contributed by atoms with Crippen molar-refractivity contribution in [3.63, 3.8) is 0 Å². The van der Waals surface area contributed by atoms with Gasteiger partial charge in [-0.1, -0.05) is 64.6 Å². The molecule has 8 aromatic rings. The van der Waals surface area contributed by atoms with Crippen LogP contribution in [-0.2, 0) is 24.2 Å². The second-order valence-corrected chi connectivity index (χ2v) is 15.0. The van der Waals surface area contributed by atoms with Gasteiger partial charge in [-0.25, -0.2) is 19.5 Å². The number of nitrogens with one attached hydrogen (secondary N) is 2. The molecule has 0 bridgehead atoms. The maximum Gasteiger partial charge on any atom is 0.345 e. The Morgan fingerprint density at radius 1 is 0.736 bits per heavy atom. The Labute approximate surface area is 313 Å². The molecule has 0 aliphatic carbocycles. The fraction of sp³-hybridized carbons (Fsp3) is 0.0811. The summed E-state index contributed by atoms with van der Waals surface area (Å²) in [4.78, 5) is 11.0. The highest BCUT2D eigenvalue weighted by atomic mass is 32.2. The summed E-state index contributed by atoms with van der Waals surface area (Å²) in [6.45, 7) is 1.84. The third kappa shape index (κ3) is 8.21. The zero-order chi connectivity index (χ0) is 37.0. The molecule has 266 valence electrons. The molecule has 8 rings (SSSR count). The van der Waals surface area contributed by atoms with Crippen molar-refractivity contribution in [1.29, 1.82) is 0 Å². The number of hydrazone groups is 2. The van der Waals surface area contributed by atoms with Crippen molar-refractivity contribution in [2.24, 2.45) is 24.3 Å². The lowest BCUT2D eigenvalue weighted by Crippen LogP contribution is -2.12. The summed E-state index contributed by atoms with van der Waals surface area (Å²) in [5, 5.41) is 12.8. The van der Waals surface area contributed by atoms with Crippen molar-refractivity contribution in [2.75, 3.05) is 10.9 Å². The quantitative estimate of drug-likeness (QED) is 0.0685. The lowest BCUT2D eigenvalue weighted by atomic mass is 10.1. The molecule has 0 atom stereocenters. The number of hydrogen-bond acceptors (Lipinski definition) is 10. The number of imidazole rings is 2. The van der Waals surface area contributed by atoms with Crippen LogP contribution in [0, 0.1) is 6.92 Å². The van der Waals surface area contributed by atoms with Gasteiger partial charge in [0.15, 0.2) is 17.2 Å². The van der Waals surface area contributed by atoms with E-state index >= 15 is 0 Å². The Morgan fingerprint density at radius 2 is 1.25 bits per heavy atom. The molecule has 5 heterocycles. The smallest absolute Gasteiger partial charge is 0.282 e. The second kappa shape index (κ2) is 15.3. The van der Waals surface area contributed by atoms with E-state index in [9.17, 15) is 8.42 Å². The number of anilines is 2. The van der Waals surface area contributed by atoms with E-state index in [1.807, 2.05) is 31.2 Å². The van der Waals surface area contributed by atoms with Gasteiger partial charge in [0, 0.05) is 34.2 Å². The average molecular weight is 763 g/mol. The summed E-state index contributed by atoms with van der Waals surface area (Å²) >= 11 is 3.44. The molecule has 0 aliphatic heterocycles. The van der Waals surface area contributed by atoms with Crippen LogP contribution in [0.3, 0.4) is 0 Å². The highest BCUT2D eigenvalue weighted by Crippen LogP contribution is 2.23. The Morgan fingerprint density at radius 3 is 1.74 bits per heavy atom. The Balaban J connectivity index is 0.000000341. The second-order valence-electron chi connectivity index (χ2n) is 11.9. The van der Waals surface area contributed by atoms with Gasteiger partial charge in [0.05, 0.1) is 31.4 Å². The number of nitrogens with zero attached hydrogens (tertiary/aromatic N) is 8. The van der Waals surface area contributed by atoms with Crippen molar-refractivity contribution in [3.05, 3.63) is 137 Å². The molecule has 0 amide bonds. The van der Waals surface area contributed by atoms with E-state index in [0.717, 1.165) is 39.2 Å². The number of thiazole rings is 2. The van der Waals surface area contributed by atoms with E-state index in [4.69, 9.17) is 4.55 Å². The molecule has 53 heavy (non-hydrogen) atoms. The number of aryl methyl sites for hydroxylation is 3. The van der Waals surface area contributed by atoms with Crippen LogP contribution in [0.2, 0.25) is 0 Å². The zero-order valence-electron chi connectivity index (χ0n) is 28.8. The number of benzene rings is 3. The van der Waals surface area contributed by atoms with E-state index in [1.165, 1.54) is 22.1 Å². The Hall–Kier alpha value is -6.07. The molecule has 16 heteroatoms. The molecule has 0 unspecified atom stereocenters. The van der Waals surface area contributed by atoms with E-state index < -0.39 is 10.1 Å². The van der Waals surface area contributed by atoms with Crippen LogP contribution >= 0.6 is 22.7 Å². The summed E-state index contributed by atoms with van der Waals surface area (Å²) in [6, 6.07) is 24.3. The third-order valence-electron chi connectivity index (χ3n) is 8.21. The third-order valence-corrected chi connectivity index (χ3v) is 11.0. The maximum atomic E-state index is 10.5. The molecular formula is C37H34N10O3S3+2. The predicted molar refractivity (Wildman–Crippen MR) is 209 cm³/mol. The topological polar surface area (TPSA) is 147 Å². The summed E-state index contributed by atoms with van der Waals surface area (Å²) in [5.74, 6) is 0.926. The molecule has 0 aliphatic rings. The van der Waals surface area contributed by atoms with Crippen molar-refractivity contribution in [2.45, 2.75) is 11.8 Å². The van der Waals surface area contributed by atoms with Gasteiger partial charge in [-0.3, -0.25) is 9.98 Å².